The summed E-state index contributed by atoms with van der Waals surface area (Å²) in [7, 11) is 0. The van der Waals surface area contributed by atoms with E-state index in [1.807, 2.05) is 0 Å². The van der Waals surface area contributed by atoms with Gasteiger partial charge in [0.15, 0.2) is 5.78 Å². The molecule has 1 aromatic rings. The molecule has 18 heavy (non-hydrogen) atoms. The summed E-state index contributed by atoms with van der Waals surface area (Å²) in [5.41, 5.74) is -1.06. The second-order valence-corrected chi connectivity index (χ2v) is 4.16. The van der Waals surface area contributed by atoms with Gasteiger partial charge in [0, 0.05) is 5.92 Å². The maximum absolute atomic E-state index is 13.0. The van der Waals surface area contributed by atoms with E-state index in [9.17, 15) is 22.4 Å². The lowest BCUT2D eigenvalue weighted by atomic mass is 10.1. The molecule has 0 bridgehead atoms. The largest absolute Gasteiger partial charge is 0.416 e. The van der Waals surface area contributed by atoms with Gasteiger partial charge in [0.2, 0.25) is 0 Å². The maximum atomic E-state index is 13.0. The molecule has 1 rings (SSSR count). The molecule has 0 aromatic heterocycles. The molecular formula is C13H12F4O. The number of carbonyl (C=O) groups is 1. The van der Waals surface area contributed by atoms with E-state index in [0.29, 0.717) is 6.07 Å². The fourth-order valence-corrected chi connectivity index (χ4v) is 1.24. The Morgan fingerprint density at radius 2 is 1.83 bits per heavy atom. The number of hydrogen-bond donors (Lipinski definition) is 0. The van der Waals surface area contributed by atoms with E-state index >= 15 is 0 Å². The van der Waals surface area contributed by atoms with E-state index in [1.165, 1.54) is 6.08 Å². The van der Waals surface area contributed by atoms with Crippen molar-refractivity contribution in [3.63, 3.8) is 0 Å². The minimum atomic E-state index is -4.60. The molecule has 0 unspecified atom stereocenters. The molecule has 0 aliphatic heterocycles. The van der Waals surface area contributed by atoms with E-state index in [0.717, 1.165) is 18.2 Å². The predicted molar refractivity (Wildman–Crippen MR) is 60.3 cm³/mol. The molecule has 1 nitrogen and oxygen atoms in total. The molecule has 0 spiro atoms. The number of allylic oxidation sites excluding steroid dienone is 1. The summed E-state index contributed by atoms with van der Waals surface area (Å²) in [6.07, 6.45) is -2.27. The van der Waals surface area contributed by atoms with Crippen molar-refractivity contribution in [1.29, 1.82) is 0 Å². The Balaban J connectivity index is 3.04. The minimum Gasteiger partial charge on any atom is -0.295 e. The summed E-state index contributed by atoms with van der Waals surface area (Å²) < 4.78 is 50.3. The van der Waals surface area contributed by atoms with E-state index < -0.39 is 17.6 Å². The Hall–Kier alpha value is -1.65. The van der Waals surface area contributed by atoms with Gasteiger partial charge in [-0.2, -0.15) is 13.2 Å². The summed E-state index contributed by atoms with van der Waals surface area (Å²) in [6, 6.07) is 2.16. The topological polar surface area (TPSA) is 17.1 Å². The van der Waals surface area contributed by atoms with Gasteiger partial charge in [0.05, 0.1) is 5.56 Å². The second kappa shape index (κ2) is 5.33. The maximum Gasteiger partial charge on any atom is 0.416 e. The lowest BCUT2D eigenvalue weighted by Gasteiger charge is -2.07. The molecule has 0 saturated carbocycles. The van der Waals surface area contributed by atoms with Crippen LogP contribution < -0.4 is 0 Å². The lowest BCUT2D eigenvalue weighted by molar-refractivity contribution is -0.137. The van der Waals surface area contributed by atoms with Crippen molar-refractivity contribution < 1.29 is 22.4 Å². The van der Waals surface area contributed by atoms with Crippen LogP contribution in [0.5, 0.6) is 0 Å². The first-order valence-corrected chi connectivity index (χ1v) is 5.30. The molecule has 0 N–H and O–H groups in total. The molecule has 1 aromatic carbocycles. The summed E-state index contributed by atoms with van der Waals surface area (Å²) >= 11 is 0. The summed E-state index contributed by atoms with van der Waals surface area (Å²) in [5.74, 6) is -1.47. The fraction of sp³-hybridized carbons (Fsp3) is 0.308. The predicted octanol–water partition coefficient (Wildman–Crippen LogP) is 4.08. The smallest absolute Gasteiger partial charge is 0.295 e. The van der Waals surface area contributed by atoms with Gasteiger partial charge in [-0.1, -0.05) is 19.9 Å². The number of hydrogen-bond acceptors (Lipinski definition) is 1. The number of halogens is 4. The Labute approximate surface area is 102 Å². The highest BCUT2D eigenvalue weighted by Crippen LogP contribution is 2.30. The van der Waals surface area contributed by atoms with Crippen LogP contribution in [-0.4, -0.2) is 5.78 Å². The number of ketones is 1. The molecule has 5 heteroatoms. The van der Waals surface area contributed by atoms with Crippen LogP contribution in [0, 0.1) is 11.7 Å². The van der Waals surface area contributed by atoms with Crippen molar-refractivity contribution in [1.82, 2.24) is 0 Å². The number of alkyl halides is 3. The third-order valence-electron chi connectivity index (χ3n) is 2.26. The zero-order valence-electron chi connectivity index (χ0n) is 9.88. The number of carbonyl (C=O) groups excluding carboxylic acids is 1. The van der Waals surface area contributed by atoms with Crippen LogP contribution in [0.3, 0.4) is 0 Å². The van der Waals surface area contributed by atoms with Crippen molar-refractivity contribution in [2.45, 2.75) is 20.0 Å². The van der Waals surface area contributed by atoms with Gasteiger partial charge < -0.3 is 0 Å². The van der Waals surface area contributed by atoms with Gasteiger partial charge in [-0.15, -0.1) is 0 Å². The highest BCUT2D eigenvalue weighted by molar-refractivity contribution is 5.94. The molecule has 0 aliphatic carbocycles. The first-order valence-electron chi connectivity index (χ1n) is 5.30. The van der Waals surface area contributed by atoms with Crippen LogP contribution >= 0.6 is 0 Å². The van der Waals surface area contributed by atoms with Crippen LogP contribution in [-0.2, 0) is 11.0 Å². The third kappa shape index (κ3) is 3.98. The normalized spacial score (nSPS) is 12.4. The van der Waals surface area contributed by atoms with E-state index in [4.69, 9.17) is 0 Å². The monoisotopic (exact) mass is 260 g/mol. The fourth-order valence-electron chi connectivity index (χ4n) is 1.24. The van der Waals surface area contributed by atoms with Gasteiger partial charge in [0.25, 0.3) is 0 Å². The van der Waals surface area contributed by atoms with Crippen LogP contribution in [0.4, 0.5) is 17.6 Å². The molecule has 0 aliphatic rings. The van der Waals surface area contributed by atoms with Crippen LogP contribution in [0.15, 0.2) is 24.3 Å². The Kier molecular flexibility index (Phi) is 4.27. The molecular weight excluding hydrogens is 248 g/mol. The highest BCUT2D eigenvalue weighted by atomic mass is 19.4. The van der Waals surface area contributed by atoms with E-state index in [1.54, 1.807) is 13.8 Å². The molecule has 0 amide bonds. The molecule has 0 heterocycles. The van der Waals surface area contributed by atoms with Crippen LogP contribution in [0.1, 0.15) is 25.0 Å². The summed E-state index contributed by atoms with van der Waals surface area (Å²) in [5, 5.41) is 0. The van der Waals surface area contributed by atoms with Crippen molar-refractivity contribution in [3.8, 4) is 0 Å². The average molecular weight is 260 g/mol. The van der Waals surface area contributed by atoms with Gasteiger partial charge >= 0.3 is 6.18 Å². The molecule has 0 radical (unpaired) electrons. The van der Waals surface area contributed by atoms with E-state index in [-0.39, 0.29) is 17.3 Å². The first-order chi connectivity index (χ1) is 8.20. The third-order valence-corrected chi connectivity index (χ3v) is 2.26. The number of benzene rings is 1. The van der Waals surface area contributed by atoms with Gasteiger partial charge in [-0.25, -0.2) is 4.39 Å². The Morgan fingerprint density at radius 3 is 2.33 bits per heavy atom. The minimum absolute atomic E-state index is 0.0105. The van der Waals surface area contributed by atoms with Gasteiger partial charge in [-0.05, 0) is 29.8 Å². The van der Waals surface area contributed by atoms with Crippen LogP contribution in [0.2, 0.25) is 0 Å². The standard InChI is InChI=1S/C13H12F4O/c1-8(2)12(18)4-3-9-5-10(13(15,16)17)7-11(14)6-9/h3-8H,1-2H3. The summed E-state index contributed by atoms with van der Waals surface area (Å²) in [6.45, 7) is 3.33. The molecule has 98 valence electrons. The Morgan fingerprint density at radius 1 is 1.22 bits per heavy atom. The first kappa shape index (κ1) is 14.4. The zero-order chi connectivity index (χ0) is 13.9. The van der Waals surface area contributed by atoms with Gasteiger partial charge in [0.1, 0.15) is 5.82 Å². The zero-order valence-corrected chi connectivity index (χ0v) is 9.88. The molecule has 0 saturated heterocycles. The van der Waals surface area contributed by atoms with Crippen LogP contribution in [0.25, 0.3) is 6.08 Å². The van der Waals surface area contributed by atoms with Crippen molar-refractivity contribution >= 4 is 11.9 Å². The second-order valence-electron chi connectivity index (χ2n) is 4.16. The average Bonchev–Trinajstić information content (AvgIpc) is 2.23. The number of rotatable bonds is 3. The quantitative estimate of drug-likeness (QED) is 0.591. The Bertz CT molecular complexity index is 472. The molecule has 0 atom stereocenters. The summed E-state index contributed by atoms with van der Waals surface area (Å²) in [4.78, 5) is 11.3. The highest BCUT2D eigenvalue weighted by Gasteiger charge is 2.31. The van der Waals surface area contributed by atoms with E-state index in [2.05, 4.69) is 0 Å². The molecule has 0 fully saturated rings. The van der Waals surface area contributed by atoms with Crippen molar-refractivity contribution in [2.75, 3.05) is 0 Å². The van der Waals surface area contributed by atoms with Crippen molar-refractivity contribution in [2.24, 2.45) is 5.92 Å². The van der Waals surface area contributed by atoms with Crippen molar-refractivity contribution in [3.05, 3.63) is 41.2 Å². The SMILES string of the molecule is CC(C)C(=O)C=Cc1cc(F)cc(C(F)(F)F)c1. The lowest BCUT2D eigenvalue weighted by Crippen LogP contribution is -2.06. The van der Waals surface area contributed by atoms with Gasteiger partial charge in [-0.3, -0.25) is 4.79 Å².